The van der Waals surface area contributed by atoms with E-state index in [1.807, 2.05) is 18.2 Å². The van der Waals surface area contributed by atoms with Crippen LogP contribution in [0.1, 0.15) is 24.1 Å². The Bertz CT molecular complexity index is 528. The minimum atomic E-state index is 0.176. The lowest BCUT2D eigenvalue weighted by Crippen LogP contribution is -2.37. The van der Waals surface area contributed by atoms with Crippen molar-refractivity contribution in [3.05, 3.63) is 66.0 Å². The van der Waals surface area contributed by atoms with Crippen LogP contribution in [0.5, 0.6) is 0 Å². The lowest BCUT2D eigenvalue weighted by Gasteiger charge is -2.17. The van der Waals surface area contributed by atoms with Gasteiger partial charge >= 0.3 is 0 Å². The van der Waals surface area contributed by atoms with Crippen LogP contribution in [0.4, 0.5) is 0 Å². The predicted molar refractivity (Wildman–Crippen MR) is 86.5 cm³/mol. The molecule has 0 amide bonds. The number of nitrogens with one attached hydrogen (secondary N) is 2. The summed E-state index contributed by atoms with van der Waals surface area (Å²) in [5.74, 6) is 0. The number of pyridine rings is 1. The van der Waals surface area contributed by atoms with Crippen LogP contribution >= 0.6 is 12.2 Å². The Hall–Kier alpha value is -1.94. The fraction of sp³-hybridized carbons (Fsp3) is 0.250. The maximum absolute atomic E-state index is 5.31. The van der Waals surface area contributed by atoms with Gasteiger partial charge < -0.3 is 10.6 Å². The van der Waals surface area contributed by atoms with Crippen LogP contribution in [0.15, 0.2) is 54.9 Å². The molecule has 1 atom stereocenters. The zero-order valence-corrected chi connectivity index (χ0v) is 12.4. The Morgan fingerprint density at radius 3 is 2.55 bits per heavy atom. The summed E-state index contributed by atoms with van der Waals surface area (Å²) in [6, 6.07) is 14.5. The molecule has 104 valence electrons. The summed E-state index contributed by atoms with van der Waals surface area (Å²) in [7, 11) is 0. The van der Waals surface area contributed by atoms with E-state index in [1.54, 1.807) is 12.4 Å². The maximum Gasteiger partial charge on any atom is 0.166 e. The third-order valence-corrected chi connectivity index (χ3v) is 3.36. The van der Waals surface area contributed by atoms with Gasteiger partial charge in [-0.05, 0) is 48.8 Å². The first-order chi connectivity index (χ1) is 9.75. The molecule has 3 nitrogen and oxygen atoms in total. The second-order valence-corrected chi connectivity index (χ2v) is 5.05. The van der Waals surface area contributed by atoms with E-state index >= 15 is 0 Å². The van der Waals surface area contributed by atoms with Crippen molar-refractivity contribution in [3.8, 4) is 0 Å². The number of nitrogens with zero attached hydrogens (tertiary/aromatic N) is 1. The van der Waals surface area contributed by atoms with Gasteiger partial charge in [-0.25, -0.2) is 0 Å². The van der Waals surface area contributed by atoms with E-state index in [1.165, 1.54) is 11.1 Å². The van der Waals surface area contributed by atoms with Gasteiger partial charge in [0.1, 0.15) is 0 Å². The van der Waals surface area contributed by atoms with Gasteiger partial charge in [0.25, 0.3) is 0 Å². The Kier molecular flexibility index (Phi) is 5.50. The molecule has 1 unspecified atom stereocenters. The van der Waals surface area contributed by atoms with Gasteiger partial charge in [0.2, 0.25) is 0 Å². The van der Waals surface area contributed by atoms with Crippen LogP contribution in [-0.2, 0) is 6.42 Å². The summed E-state index contributed by atoms with van der Waals surface area (Å²) in [5, 5.41) is 7.20. The summed E-state index contributed by atoms with van der Waals surface area (Å²) in [5.41, 5.74) is 2.48. The van der Waals surface area contributed by atoms with Crippen LogP contribution < -0.4 is 10.6 Å². The fourth-order valence-corrected chi connectivity index (χ4v) is 2.23. The summed E-state index contributed by atoms with van der Waals surface area (Å²) >= 11 is 5.31. The molecule has 20 heavy (non-hydrogen) atoms. The molecule has 0 aliphatic carbocycles. The van der Waals surface area contributed by atoms with Crippen molar-refractivity contribution < 1.29 is 0 Å². The van der Waals surface area contributed by atoms with Gasteiger partial charge in [-0.1, -0.05) is 30.3 Å². The first kappa shape index (κ1) is 14.5. The average Bonchev–Trinajstić information content (AvgIpc) is 2.49. The summed E-state index contributed by atoms with van der Waals surface area (Å²) in [4.78, 5) is 4.01. The monoisotopic (exact) mass is 285 g/mol. The molecular weight excluding hydrogens is 266 g/mol. The molecule has 0 fully saturated rings. The second-order valence-electron chi connectivity index (χ2n) is 4.64. The molecule has 2 rings (SSSR count). The molecule has 0 bridgehead atoms. The fourth-order valence-electron chi connectivity index (χ4n) is 1.95. The molecule has 0 radical (unpaired) electrons. The Morgan fingerprint density at radius 2 is 1.85 bits per heavy atom. The van der Waals surface area contributed by atoms with E-state index in [4.69, 9.17) is 12.2 Å². The molecule has 0 aliphatic heterocycles. The number of hydrogen-bond acceptors (Lipinski definition) is 2. The lowest BCUT2D eigenvalue weighted by molar-refractivity contribution is 0.695. The van der Waals surface area contributed by atoms with E-state index < -0.39 is 0 Å². The van der Waals surface area contributed by atoms with Crippen molar-refractivity contribution in [2.75, 3.05) is 6.54 Å². The predicted octanol–water partition coefficient (Wildman–Crippen LogP) is 2.85. The molecule has 1 aromatic carbocycles. The Labute approximate surface area is 125 Å². The van der Waals surface area contributed by atoms with Crippen LogP contribution in [0.2, 0.25) is 0 Å². The number of thiocarbonyl (C=S) groups is 1. The van der Waals surface area contributed by atoms with Crippen molar-refractivity contribution in [1.29, 1.82) is 0 Å². The van der Waals surface area contributed by atoms with E-state index in [0.29, 0.717) is 5.11 Å². The first-order valence-electron chi connectivity index (χ1n) is 6.74. The van der Waals surface area contributed by atoms with Gasteiger partial charge in [0.15, 0.2) is 5.11 Å². The van der Waals surface area contributed by atoms with Gasteiger partial charge in [0, 0.05) is 18.9 Å². The summed E-state index contributed by atoms with van der Waals surface area (Å²) in [6.07, 6.45) is 4.55. The largest absolute Gasteiger partial charge is 0.362 e. The van der Waals surface area contributed by atoms with Gasteiger partial charge in [-0.15, -0.1) is 0 Å². The SMILES string of the molecule is CC(NC(=S)NCCc1ccccc1)c1ccncc1. The lowest BCUT2D eigenvalue weighted by atomic mass is 10.1. The quantitative estimate of drug-likeness (QED) is 0.828. The Morgan fingerprint density at radius 1 is 1.15 bits per heavy atom. The van der Waals surface area contributed by atoms with Crippen LogP contribution in [0, 0.1) is 0 Å². The van der Waals surface area contributed by atoms with E-state index in [2.05, 4.69) is 46.8 Å². The highest BCUT2D eigenvalue weighted by Gasteiger charge is 2.05. The highest BCUT2D eigenvalue weighted by Crippen LogP contribution is 2.09. The molecule has 0 aliphatic rings. The number of rotatable bonds is 5. The molecule has 2 aromatic rings. The number of hydrogen-bond donors (Lipinski definition) is 2. The Balaban J connectivity index is 1.73. The normalized spacial score (nSPS) is 11.7. The smallest absolute Gasteiger partial charge is 0.166 e. The van der Waals surface area contributed by atoms with Crippen LogP contribution in [0.3, 0.4) is 0 Å². The maximum atomic E-state index is 5.31. The highest BCUT2D eigenvalue weighted by molar-refractivity contribution is 7.80. The van der Waals surface area contributed by atoms with E-state index in [-0.39, 0.29) is 6.04 Å². The van der Waals surface area contributed by atoms with Crippen molar-refractivity contribution in [3.63, 3.8) is 0 Å². The van der Waals surface area contributed by atoms with Crippen LogP contribution in [-0.4, -0.2) is 16.6 Å². The number of aromatic nitrogens is 1. The third kappa shape index (κ3) is 4.63. The molecule has 1 aromatic heterocycles. The topological polar surface area (TPSA) is 37.0 Å². The van der Waals surface area contributed by atoms with Crippen molar-refractivity contribution in [2.45, 2.75) is 19.4 Å². The molecule has 0 spiro atoms. The first-order valence-corrected chi connectivity index (χ1v) is 7.15. The summed E-state index contributed by atoms with van der Waals surface area (Å²) < 4.78 is 0. The van der Waals surface area contributed by atoms with Gasteiger partial charge in [-0.3, -0.25) is 4.98 Å². The van der Waals surface area contributed by atoms with E-state index in [0.717, 1.165) is 13.0 Å². The zero-order valence-electron chi connectivity index (χ0n) is 11.5. The molecule has 0 saturated carbocycles. The minimum Gasteiger partial charge on any atom is -0.362 e. The molecule has 0 saturated heterocycles. The van der Waals surface area contributed by atoms with E-state index in [9.17, 15) is 0 Å². The minimum absolute atomic E-state index is 0.176. The van der Waals surface area contributed by atoms with Crippen LogP contribution in [0.25, 0.3) is 0 Å². The average molecular weight is 285 g/mol. The zero-order chi connectivity index (χ0) is 14.2. The summed E-state index contributed by atoms with van der Waals surface area (Å²) in [6.45, 7) is 2.92. The van der Waals surface area contributed by atoms with Crippen molar-refractivity contribution in [2.24, 2.45) is 0 Å². The molecule has 1 heterocycles. The molecule has 2 N–H and O–H groups in total. The molecule has 4 heteroatoms. The van der Waals surface area contributed by atoms with Crippen molar-refractivity contribution >= 4 is 17.3 Å². The number of benzene rings is 1. The van der Waals surface area contributed by atoms with Gasteiger partial charge in [-0.2, -0.15) is 0 Å². The standard InChI is InChI=1S/C16H19N3S/c1-13(15-8-10-17-11-9-15)19-16(20)18-12-7-14-5-3-2-4-6-14/h2-6,8-11,13H,7,12H2,1H3,(H2,18,19,20). The second kappa shape index (κ2) is 7.60. The highest BCUT2D eigenvalue weighted by atomic mass is 32.1. The molecular formula is C16H19N3S. The van der Waals surface area contributed by atoms with Gasteiger partial charge in [0.05, 0.1) is 6.04 Å². The third-order valence-electron chi connectivity index (χ3n) is 3.10. The van der Waals surface area contributed by atoms with Crippen molar-refractivity contribution in [1.82, 2.24) is 15.6 Å².